The lowest BCUT2D eigenvalue weighted by atomic mass is 10.3. The van der Waals surface area contributed by atoms with E-state index < -0.39 is 0 Å². The van der Waals surface area contributed by atoms with Gasteiger partial charge in [-0.3, -0.25) is 14.9 Å². The zero-order valence-electron chi connectivity index (χ0n) is 10.2. The summed E-state index contributed by atoms with van der Waals surface area (Å²) in [5.41, 5.74) is 0.940. The van der Waals surface area contributed by atoms with Gasteiger partial charge in [0, 0.05) is 25.4 Å². The number of aromatic amines is 1. The van der Waals surface area contributed by atoms with Crippen LogP contribution in [0.1, 0.15) is 35.4 Å². The van der Waals surface area contributed by atoms with Crippen LogP contribution in [0.2, 0.25) is 0 Å². The third-order valence-corrected chi connectivity index (χ3v) is 2.40. The fourth-order valence-electron chi connectivity index (χ4n) is 1.51. The zero-order chi connectivity index (χ0) is 12.8. The second-order valence-electron chi connectivity index (χ2n) is 3.90. The van der Waals surface area contributed by atoms with Gasteiger partial charge in [-0.15, -0.1) is 5.10 Å². The fourth-order valence-corrected chi connectivity index (χ4v) is 1.51. The maximum absolute atomic E-state index is 11.8. The Balaban J connectivity index is 1.91. The summed E-state index contributed by atoms with van der Waals surface area (Å²) in [6.45, 7) is 2.47. The van der Waals surface area contributed by atoms with Crippen LogP contribution in [0.15, 0.2) is 24.5 Å². The predicted molar refractivity (Wildman–Crippen MR) is 65.8 cm³/mol. The van der Waals surface area contributed by atoms with E-state index in [1.165, 1.54) is 0 Å². The van der Waals surface area contributed by atoms with E-state index in [9.17, 15) is 4.79 Å². The molecule has 2 aromatic heterocycles. The van der Waals surface area contributed by atoms with Crippen molar-refractivity contribution in [1.82, 2.24) is 25.5 Å². The van der Waals surface area contributed by atoms with Gasteiger partial charge in [0.1, 0.15) is 5.82 Å². The van der Waals surface area contributed by atoms with Gasteiger partial charge in [0.05, 0.1) is 0 Å². The maximum atomic E-state index is 11.8. The Morgan fingerprint density at radius 1 is 1.50 bits per heavy atom. The number of carbonyl (C=O) groups is 1. The number of hydrogen-bond donors (Lipinski definition) is 2. The number of hydrogen-bond acceptors (Lipinski definition) is 4. The summed E-state index contributed by atoms with van der Waals surface area (Å²) in [5.74, 6) is 0.642. The molecule has 0 aliphatic rings. The van der Waals surface area contributed by atoms with Crippen LogP contribution in [0.5, 0.6) is 0 Å². The average molecular weight is 245 g/mol. The molecule has 0 aromatic carbocycles. The summed E-state index contributed by atoms with van der Waals surface area (Å²) in [5, 5.41) is 9.38. The maximum Gasteiger partial charge on any atom is 0.291 e. The van der Waals surface area contributed by atoms with Gasteiger partial charge in [-0.2, -0.15) is 0 Å². The lowest BCUT2D eigenvalue weighted by Gasteiger charge is -2.01. The summed E-state index contributed by atoms with van der Waals surface area (Å²) < 4.78 is 0. The van der Waals surface area contributed by atoms with Gasteiger partial charge in [0.15, 0.2) is 0 Å². The predicted octanol–water partition coefficient (Wildman–Crippen LogP) is 1.08. The number of aryl methyl sites for hydroxylation is 1. The normalized spacial score (nSPS) is 10.3. The number of aromatic nitrogens is 4. The van der Waals surface area contributed by atoms with Crippen LogP contribution in [-0.4, -0.2) is 26.1 Å². The molecule has 0 aliphatic carbocycles. The van der Waals surface area contributed by atoms with Crippen molar-refractivity contribution in [1.29, 1.82) is 0 Å². The molecule has 2 rings (SSSR count). The van der Waals surface area contributed by atoms with Gasteiger partial charge >= 0.3 is 0 Å². The highest BCUT2D eigenvalue weighted by molar-refractivity contribution is 5.90. The fraction of sp³-hybridized carbons (Fsp3) is 0.333. The van der Waals surface area contributed by atoms with Crippen LogP contribution >= 0.6 is 0 Å². The minimum absolute atomic E-state index is 0.183. The molecule has 2 aromatic rings. The monoisotopic (exact) mass is 245 g/mol. The Morgan fingerprint density at radius 2 is 2.39 bits per heavy atom. The molecule has 6 heteroatoms. The van der Waals surface area contributed by atoms with Crippen molar-refractivity contribution in [3.05, 3.63) is 41.7 Å². The third kappa shape index (κ3) is 3.13. The number of carbonyl (C=O) groups excluding carboxylic acids is 1. The van der Waals surface area contributed by atoms with Crippen molar-refractivity contribution in [3.63, 3.8) is 0 Å². The largest absolute Gasteiger partial charge is 0.345 e. The van der Waals surface area contributed by atoms with Gasteiger partial charge < -0.3 is 5.32 Å². The number of H-pyrrole nitrogens is 1. The smallest absolute Gasteiger partial charge is 0.291 e. The van der Waals surface area contributed by atoms with E-state index in [-0.39, 0.29) is 11.7 Å². The topological polar surface area (TPSA) is 83.6 Å². The Bertz CT molecular complexity index is 508. The van der Waals surface area contributed by atoms with Crippen LogP contribution in [0.25, 0.3) is 0 Å². The minimum atomic E-state index is -0.280. The molecule has 0 aliphatic heterocycles. The minimum Gasteiger partial charge on any atom is -0.345 e. The molecule has 6 nitrogen and oxygen atoms in total. The molecule has 18 heavy (non-hydrogen) atoms. The Morgan fingerprint density at radius 3 is 3.11 bits per heavy atom. The second-order valence-corrected chi connectivity index (χ2v) is 3.90. The molecule has 0 spiro atoms. The molecule has 0 saturated carbocycles. The molecule has 0 saturated heterocycles. The second kappa shape index (κ2) is 5.90. The number of rotatable bonds is 5. The van der Waals surface area contributed by atoms with Gasteiger partial charge in [-0.05, 0) is 18.1 Å². The quantitative estimate of drug-likeness (QED) is 0.825. The van der Waals surface area contributed by atoms with E-state index in [2.05, 4.69) is 25.5 Å². The standard InChI is InChI=1S/C12H15N5O/c1-2-4-10-15-11(17-16-10)12(18)14-8-9-5-3-6-13-7-9/h3,5-7H,2,4,8H2,1H3,(H,14,18)(H,15,16,17). The Labute approximate surface area is 105 Å². The highest BCUT2D eigenvalue weighted by Crippen LogP contribution is 1.98. The molecule has 2 heterocycles. The van der Waals surface area contributed by atoms with Crippen LogP contribution < -0.4 is 5.32 Å². The first-order chi connectivity index (χ1) is 8.79. The molecule has 0 fully saturated rings. The SMILES string of the molecule is CCCc1nc(C(=O)NCc2cccnc2)n[nH]1. The van der Waals surface area contributed by atoms with E-state index >= 15 is 0 Å². The van der Waals surface area contributed by atoms with Crippen molar-refractivity contribution in [2.75, 3.05) is 0 Å². The highest BCUT2D eigenvalue weighted by atomic mass is 16.2. The van der Waals surface area contributed by atoms with Crippen molar-refractivity contribution < 1.29 is 4.79 Å². The molecule has 0 unspecified atom stereocenters. The summed E-state index contributed by atoms with van der Waals surface area (Å²) >= 11 is 0. The number of pyridine rings is 1. The number of nitrogens with one attached hydrogen (secondary N) is 2. The summed E-state index contributed by atoms with van der Waals surface area (Å²) in [6.07, 6.45) is 5.16. The average Bonchev–Trinajstić information content (AvgIpc) is 2.86. The molecule has 2 N–H and O–H groups in total. The highest BCUT2D eigenvalue weighted by Gasteiger charge is 2.11. The Hall–Kier alpha value is -2.24. The van der Waals surface area contributed by atoms with Crippen molar-refractivity contribution in [2.24, 2.45) is 0 Å². The molecule has 0 bridgehead atoms. The first-order valence-electron chi connectivity index (χ1n) is 5.88. The first kappa shape index (κ1) is 12.2. The molecular weight excluding hydrogens is 230 g/mol. The summed E-state index contributed by atoms with van der Waals surface area (Å²) in [7, 11) is 0. The lowest BCUT2D eigenvalue weighted by Crippen LogP contribution is -2.24. The van der Waals surface area contributed by atoms with Gasteiger partial charge in [-0.25, -0.2) is 4.98 Å². The number of amides is 1. The van der Waals surface area contributed by atoms with E-state index in [0.717, 1.165) is 24.2 Å². The summed E-state index contributed by atoms with van der Waals surface area (Å²) in [4.78, 5) is 19.9. The van der Waals surface area contributed by atoms with Crippen molar-refractivity contribution in [3.8, 4) is 0 Å². The van der Waals surface area contributed by atoms with Crippen LogP contribution in [-0.2, 0) is 13.0 Å². The van der Waals surface area contributed by atoms with E-state index in [1.54, 1.807) is 12.4 Å². The van der Waals surface area contributed by atoms with Crippen molar-refractivity contribution in [2.45, 2.75) is 26.3 Å². The van der Waals surface area contributed by atoms with Crippen LogP contribution in [0.3, 0.4) is 0 Å². The lowest BCUT2D eigenvalue weighted by molar-refractivity contribution is 0.0941. The molecule has 1 amide bonds. The van der Waals surface area contributed by atoms with Gasteiger partial charge in [0.25, 0.3) is 5.91 Å². The Kier molecular flexibility index (Phi) is 4.01. The van der Waals surface area contributed by atoms with Gasteiger partial charge in [-0.1, -0.05) is 13.0 Å². The molecule has 94 valence electrons. The van der Waals surface area contributed by atoms with E-state index in [0.29, 0.717) is 6.54 Å². The molecule has 0 radical (unpaired) electrons. The van der Waals surface area contributed by atoms with E-state index in [1.807, 2.05) is 19.1 Å². The summed E-state index contributed by atoms with van der Waals surface area (Å²) in [6, 6.07) is 3.72. The first-order valence-corrected chi connectivity index (χ1v) is 5.88. The van der Waals surface area contributed by atoms with Crippen LogP contribution in [0.4, 0.5) is 0 Å². The van der Waals surface area contributed by atoms with Crippen molar-refractivity contribution >= 4 is 5.91 Å². The van der Waals surface area contributed by atoms with E-state index in [4.69, 9.17) is 0 Å². The third-order valence-electron chi connectivity index (χ3n) is 2.40. The van der Waals surface area contributed by atoms with Gasteiger partial charge in [0.2, 0.25) is 5.82 Å². The number of nitrogens with zero attached hydrogens (tertiary/aromatic N) is 3. The van der Waals surface area contributed by atoms with Crippen LogP contribution in [0, 0.1) is 0 Å². The zero-order valence-corrected chi connectivity index (χ0v) is 10.2. The molecule has 0 atom stereocenters. The molecular formula is C12H15N5O.